The Kier molecular flexibility index (Phi) is 8.18. The molecule has 0 radical (unpaired) electrons. The van der Waals surface area contributed by atoms with E-state index in [9.17, 15) is 4.21 Å². The van der Waals surface area contributed by atoms with Crippen LogP contribution in [0.25, 0.3) is 0 Å². The Morgan fingerprint density at radius 3 is 2.25 bits per heavy atom. The Hall–Kier alpha value is 0.150. The van der Waals surface area contributed by atoms with Crippen molar-refractivity contribution in [1.82, 2.24) is 0 Å². The molecule has 0 heterocycles. The highest BCUT2D eigenvalue weighted by atomic mass is 32.2. The Labute approximate surface area is 104 Å². The second kappa shape index (κ2) is 9.21. The lowest BCUT2D eigenvalue weighted by molar-refractivity contribution is 0.503. The molecule has 0 aromatic rings. The number of rotatable bonds is 8. The van der Waals surface area contributed by atoms with Crippen LogP contribution in [0.2, 0.25) is 0 Å². The highest BCUT2D eigenvalue weighted by Gasteiger charge is 2.18. The average molecular weight is 244 g/mol. The highest BCUT2D eigenvalue weighted by Crippen LogP contribution is 2.22. The topological polar surface area (TPSA) is 17.1 Å². The van der Waals surface area contributed by atoms with Gasteiger partial charge in [-0.25, -0.2) is 0 Å². The summed E-state index contributed by atoms with van der Waals surface area (Å²) in [5.74, 6) is 0.969. The monoisotopic (exact) mass is 244 g/mol. The third-order valence-corrected chi connectivity index (χ3v) is 5.53. The van der Waals surface area contributed by atoms with Crippen LogP contribution in [0.3, 0.4) is 0 Å². The maximum absolute atomic E-state index is 12.0. The van der Waals surface area contributed by atoms with Gasteiger partial charge in [0.1, 0.15) is 0 Å². The fourth-order valence-electron chi connectivity index (χ4n) is 2.52. The maximum Gasteiger partial charge on any atom is 0.0348 e. The molecular weight excluding hydrogens is 216 g/mol. The van der Waals surface area contributed by atoms with Gasteiger partial charge in [-0.05, 0) is 19.3 Å². The van der Waals surface area contributed by atoms with Gasteiger partial charge in [0, 0.05) is 21.8 Å². The van der Waals surface area contributed by atoms with E-state index in [0.717, 1.165) is 5.75 Å². The third-order valence-electron chi connectivity index (χ3n) is 3.62. The summed E-state index contributed by atoms with van der Waals surface area (Å²) in [4.78, 5) is 0. The van der Waals surface area contributed by atoms with Crippen molar-refractivity contribution >= 4 is 10.8 Å². The van der Waals surface area contributed by atoms with Gasteiger partial charge in [-0.1, -0.05) is 58.3 Å². The summed E-state index contributed by atoms with van der Waals surface area (Å²) in [6.45, 7) is 2.25. The van der Waals surface area contributed by atoms with Gasteiger partial charge < -0.3 is 0 Å². The van der Waals surface area contributed by atoms with Crippen molar-refractivity contribution in [3.05, 3.63) is 0 Å². The third kappa shape index (κ3) is 6.03. The van der Waals surface area contributed by atoms with Crippen LogP contribution in [0.15, 0.2) is 0 Å². The summed E-state index contributed by atoms with van der Waals surface area (Å²) in [5, 5.41) is 0.546. The fraction of sp³-hybridized carbons (Fsp3) is 1.00. The van der Waals surface area contributed by atoms with E-state index in [1.54, 1.807) is 0 Å². The molecule has 0 aliphatic heterocycles. The number of hydrogen-bond donors (Lipinski definition) is 0. The van der Waals surface area contributed by atoms with Crippen molar-refractivity contribution in [2.45, 2.75) is 82.8 Å². The molecule has 1 unspecified atom stereocenters. The van der Waals surface area contributed by atoms with Crippen molar-refractivity contribution in [1.29, 1.82) is 0 Å². The largest absolute Gasteiger partial charge is 0.259 e. The molecule has 0 aromatic heterocycles. The molecule has 1 atom stereocenters. The standard InChI is InChI=1S/C14H28OS/c1-2-3-4-5-6-10-13-16(15)14-11-8-7-9-12-14/h14H,2-13H2,1H3. The first kappa shape index (κ1) is 14.2. The van der Waals surface area contributed by atoms with Gasteiger partial charge in [0.05, 0.1) is 0 Å². The minimum Gasteiger partial charge on any atom is -0.259 e. The predicted molar refractivity (Wildman–Crippen MR) is 73.3 cm³/mol. The van der Waals surface area contributed by atoms with Crippen molar-refractivity contribution in [2.24, 2.45) is 0 Å². The highest BCUT2D eigenvalue weighted by molar-refractivity contribution is 7.85. The van der Waals surface area contributed by atoms with Crippen molar-refractivity contribution < 1.29 is 4.21 Å². The first-order chi connectivity index (χ1) is 7.84. The van der Waals surface area contributed by atoms with E-state index in [2.05, 4.69) is 6.92 Å². The summed E-state index contributed by atoms with van der Waals surface area (Å²) in [6.07, 6.45) is 14.3. The fourth-order valence-corrected chi connectivity index (χ4v) is 4.20. The van der Waals surface area contributed by atoms with E-state index in [0.29, 0.717) is 5.25 Å². The molecule has 0 amide bonds. The molecule has 1 nitrogen and oxygen atoms in total. The van der Waals surface area contributed by atoms with Gasteiger partial charge in [-0.2, -0.15) is 0 Å². The molecule has 2 heteroatoms. The van der Waals surface area contributed by atoms with Crippen molar-refractivity contribution in [2.75, 3.05) is 5.75 Å². The van der Waals surface area contributed by atoms with Gasteiger partial charge in [0.25, 0.3) is 0 Å². The number of hydrogen-bond acceptors (Lipinski definition) is 1. The van der Waals surface area contributed by atoms with Gasteiger partial charge in [-0.3, -0.25) is 4.21 Å². The molecule has 1 fully saturated rings. The molecule has 1 saturated carbocycles. The zero-order valence-corrected chi connectivity index (χ0v) is 11.7. The summed E-state index contributed by atoms with van der Waals surface area (Å²) >= 11 is 0. The first-order valence-electron chi connectivity index (χ1n) is 7.21. The molecule has 16 heavy (non-hydrogen) atoms. The maximum atomic E-state index is 12.0. The van der Waals surface area contributed by atoms with Crippen LogP contribution in [0, 0.1) is 0 Å². The smallest absolute Gasteiger partial charge is 0.0348 e. The second-order valence-electron chi connectivity index (χ2n) is 5.11. The van der Waals surface area contributed by atoms with Crippen molar-refractivity contribution in [3.63, 3.8) is 0 Å². The predicted octanol–water partition coefficient (Wildman–Crippen LogP) is 4.43. The van der Waals surface area contributed by atoms with Crippen LogP contribution in [0.1, 0.15) is 77.6 Å². The molecule has 96 valence electrons. The minimum absolute atomic E-state index is 0.514. The van der Waals surface area contributed by atoms with E-state index >= 15 is 0 Å². The van der Waals surface area contributed by atoms with Crippen LogP contribution in [0.4, 0.5) is 0 Å². The zero-order valence-electron chi connectivity index (χ0n) is 10.9. The van der Waals surface area contributed by atoms with Gasteiger partial charge in [0.2, 0.25) is 0 Å². The molecule has 0 saturated heterocycles. The lowest BCUT2D eigenvalue weighted by Crippen LogP contribution is -2.20. The van der Waals surface area contributed by atoms with Crippen LogP contribution < -0.4 is 0 Å². The zero-order chi connectivity index (χ0) is 11.6. The second-order valence-corrected chi connectivity index (χ2v) is 6.95. The molecular formula is C14H28OS. The van der Waals surface area contributed by atoms with Gasteiger partial charge in [-0.15, -0.1) is 0 Å². The lowest BCUT2D eigenvalue weighted by atomic mass is 10.0. The quantitative estimate of drug-likeness (QED) is 0.577. The average Bonchev–Trinajstić information content (AvgIpc) is 2.34. The Bertz CT molecular complexity index is 185. The van der Waals surface area contributed by atoms with Gasteiger partial charge in [0.15, 0.2) is 0 Å². The van der Waals surface area contributed by atoms with E-state index in [1.807, 2.05) is 0 Å². The Morgan fingerprint density at radius 1 is 0.938 bits per heavy atom. The van der Waals surface area contributed by atoms with Crippen LogP contribution >= 0.6 is 0 Å². The van der Waals surface area contributed by atoms with Crippen LogP contribution in [0.5, 0.6) is 0 Å². The normalized spacial score (nSPS) is 19.8. The molecule has 0 spiro atoms. The summed E-state index contributed by atoms with van der Waals surface area (Å²) in [6, 6.07) is 0. The molecule has 0 aromatic carbocycles. The van der Waals surface area contributed by atoms with E-state index in [-0.39, 0.29) is 0 Å². The first-order valence-corrected chi connectivity index (χ1v) is 8.60. The van der Waals surface area contributed by atoms with E-state index in [1.165, 1.54) is 70.6 Å². The summed E-state index contributed by atoms with van der Waals surface area (Å²) in [5.41, 5.74) is 0. The minimum atomic E-state index is -0.514. The van der Waals surface area contributed by atoms with Crippen LogP contribution in [-0.2, 0) is 10.8 Å². The summed E-state index contributed by atoms with van der Waals surface area (Å²) in [7, 11) is -0.514. The molecule has 0 bridgehead atoms. The SMILES string of the molecule is CCCCCCCCS(=O)C1CCCCC1. The Balaban J connectivity index is 1.97. The molecule has 1 rings (SSSR count). The Morgan fingerprint density at radius 2 is 1.56 bits per heavy atom. The molecule has 0 N–H and O–H groups in total. The lowest BCUT2D eigenvalue weighted by Gasteiger charge is -2.20. The molecule has 1 aliphatic rings. The summed E-state index contributed by atoms with van der Waals surface area (Å²) < 4.78 is 12.0. The van der Waals surface area contributed by atoms with E-state index < -0.39 is 10.8 Å². The van der Waals surface area contributed by atoms with Crippen LogP contribution in [-0.4, -0.2) is 15.2 Å². The number of unbranched alkanes of at least 4 members (excludes halogenated alkanes) is 5. The van der Waals surface area contributed by atoms with E-state index in [4.69, 9.17) is 0 Å². The molecule has 1 aliphatic carbocycles. The van der Waals surface area contributed by atoms with Crippen molar-refractivity contribution in [3.8, 4) is 0 Å². The van der Waals surface area contributed by atoms with Gasteiger partial charge >= 0.3 is 0 Å².